The molecule has 2 atom stereocenters. The molecule has 180 valence electrons. The zero-order valence-corrected chi connectivity index (χ0v) is 18.2. The summed E-state index contributed by atoms with van der Waals surface area (Å²) in [5.74, 6) is -8.71. The molecule has 0 spiro atoms. The molecule has 0 fully saturated rings. The molecule has 7 heteroatoms. The molecule has 0 radical (unpaired) electrons. The lowest BCUT2D eigenvalue weighted by Gasteiger charge is -2.26. The normalized spacial score (nSPS) is 13.9. The quantitative estimate of drug-likeness (QED) is 0.227. The van der Waals surface area contributed by atoms with Crippen molar-refractivity contribution in [1.82, 2.24) is 0 Å². The first-order chi connectivity index (χ1) is 16.7. The lowest BCUT2D eigenvalue weighted by molar-refractivity contribution is -0.295. The number of ether oxygens (including phenoxy) is 1. The zero-order chi connectivity index (χ0) is 25.1. The predicted molar refractivity (Wildman–Crippen MR) is 122 cm³/mol. The Bertz CT molecular complexity index is 1130. The highest BCUT2D eigenvalue weighted by Crippen LogP contribution is 2.41. The van der Waals surface area contributed by atoms with Crippen LogP contribution >= 0.6 is 0 Å². The molecule has 0 amide bonds. The van der Waals surface area contributed by atoms with Gasteiger partial charge in [-0.1, -0.05) is 109 Å². The van der Waals surface area contributed by atoms with Crippen LogP contribution in [-0.4, -0.2) is 12.7 Å². The summed E-state index contributed by atoms with van der Waals surface area (Å²) in [4.78, 5) is 0. The molecule has 0 N–H and O–H groups in total. The maximum atomic E-state index is 14.6. The first-order valence-corrected chi connectivity index (χ1v) is 10.7. The molecule has 4 aromatic rings. The average Bonchev–Trinajstić information content (AvgIpc) is 2.89. The van der Waals surface area contributed by atoms with E-state index in [1.54, 1.807) is 60.7 Å². The van der Waals surface area contributed by atoms with Gasteiger partial charge < -0.3 is 4.74 Å². The third kappa shape index (κ3) is 5.25. The molecule has 0 saturated carbocycles. The Morgan fingerprint density at radius 3 is 1.03 bits per heavy atom. The van der Waals surface area contributed by atoms with Gasteiger partial charge in [-0.25, -0.2) is 8.78 Å². The minimum absolute atomic E-state index is 0.593. The number of halogens is 6. The van der Waals surface area contributed by atoms with Gasteiger partial charge in [-0.2, -0.15) is 17.6 Å². The van der Waals surface area contributed by atoms with Crippen LogP contribution in [0.4, 0.5) is 26.3 Å². The second-order valence-electron chi connectivity index (χ2n) is 7.90. The minimum atomic E-state index is -4.35. The Morgan fingerprint density at radius 1 is 0.429 bits per heavy atom. The van der Waals surface area contributed by atoms with Crippen LogP contribution in [0.5, 0.6) is 0 Å². The summed E-state index contributed by atoms with van der Waals surface area (Å²) < 4.78 is 90.8. The van der Waals surface area contributed by atoms with E-state index in [2.05, 4.69) is 4.74 Å². The van der Waals surface area contributed by atoms with E-state index in [1.165, 1.54) is 24.3 Å². The van der Waals surface area contributed by atoms with Crippen molar-refractivity contribution in [1.29, 1.82) is 0 Å². The van der Waals surface area contributed by atoms with Crippen LogP contribution in [0.1, 0.15) is 11.1 Å². The molecular formula is C28H20F6O. The maximum Gasteiger partial charge on any atom is 0.327 e. The highest BCUT2D eigenvalue weighted by atomic mass is 19.3. The molecule has 0 aliphatic rings. The summed E-state index contributed by atoms with van der Waals surface area (Å²) in [5, 5.41) is 0. The smallest absolute Gasteiger partial charge is 0.303 e. The van der Waals surface area contributed by atoms with Crippen molar-refractivity contribution in [2.45, 2.75) is 24.6 Å². The number of hydrogen-bond donors (Lipinski definition) is 0. The standard InChI is InChI=1S/C28H20F6O/c29-25(27(31,32)23-15-11-21(12-16-23)19-7-3-1-4-8-19)35-26(30)28(33,34)24-17-13-22(14-18-24)20-9-5-2-6-10-20/h1-18,25-26H/t25-,26+. The summed E-state index contributed by atoms with van der Waals surface area (Å²) in [6.45, 7) is 0. The molecule has 0 aromatic heterocycles. The van der Waals surface area contributed by atoms with Crippen LogP contribution in [0.3, 0.4) is 0 Å². The van der Waals surface area contributed by atoms with Crippen molar-refractivity contribution in [2.75, 3.05) is 0 Å². The van der Waals surface area contributed by atoms with Crippen LogP contribution in [0.25, 0.3) is 22.3 Å². The van der Waals surface area contributed by atoms with E-state index in [4.69, 9.17) is 0 Å². The van der Waals surface area contributed by atoms with E-state index in [-0.39, 0.29) is 0 Å². The summed E-state index contributed by atoms with van der Waals surface area (Å²) in [5.41, 5.74) is 1.03. The number of hydrogen-bond acceptors (Lipinski definition) is 1. The molecule has 0 unspecified atom stereocenters. The molecule has 0 heterocycles. The summed E-state index contributed by atoms with van der Waals surface area (Å²) in [7, 11) is 0. The largest absolute Gasteiger partial charge is 0.327 e. The summed E-state index contributed by atoms with van der Waals surface area (Å²) in [6.07, 6.45) is -7.26. The second kappa shape index (κ2) is 9.96. The van der Waals surface area contributed by atoms with Gasteiger partial charge in [0, 0.05) is 11.1 Å². The molecule has 0 aliphatic heterocycles. The molecule has 4 rings (SSSR count). The Kier molecular flexibility index (Phi) is 6.98. The van der Waals surface area contributed by atoms with E-state index in [0.717, 1.165) is 35.4 Å². The van der Waals surface area contributed by atoms with Crippen molar-refractivity contribution in [3.8, 4) is 22.3 Å². The maximum absolute atomic E-state index is 14.6. The fourth-order valence-electron chi connectivity index (χ4n) is 3.57. The van der Waals surface area contributed by atoms with E-state index < -0.39 is 35.7 Å². The van der Waals surface area contributed by atoms with E-state index >= 15 is 0 Å². The summed E-state index contributed by atoms with van der Waals surface area (Å²) in [6, 6.07) is 26.8. The van der Waals surface area contributed by atoms with Crippen molar-refractivity contribution < 1.29 is 31.1 Å². The zero-order valence-electron chi connectivity index (χ0n) is 18.2. The monoisotopic (exact) mass is 486 g/mol. The minimum Gasteiger partial charge on any atom is -0.303 e. The van der Waals surface area contributed by atoms with Gasteiger partial charge in [-0.3, -0.25) is 0 Å². The molecule has 0 aliphatic carbocycles. The van der Waals surface area contributed by atoms with Crippen LogP contribution in [0.15, 0.2) is 109 Å². The Balaban J connectivity index is 1.46. The van der Waals surface area contributed by atoms with Crippen LogP contribution < -0.4 is 0 Å². The van der Waals surface area contributed by atoms with Crippen molar-refractivity contribution in [2.24, 2.45) is 0 Å². The van der Waals surface area contributed by atoms with Crippen LogP contribution in [0, 0.1) is 0 Å². The summed E-state index contributed by atoms with van der Waals surface area (Å²) >= 11 is 0. The van der Waals surface area contributed by atoms with Gasteiger partial charge in [0.15, 0.2) is 0 Å². The predicted octanol–water partition coefficient (Wildman–Crippen LogP) is 8.51. The third-order valence-electron chi connectivity index (χ3n) is 5.56. The lowest BCUT2D eigenvalue weighted by atomic mass is 10.0. The van der Waals surface area contributed by atoms with E-state index in [0.29, 0.717) is 11.1 Å². The van der Waals surface area contributed by atoms with Crippen molar-refractivity contribution in [3.05, 3.63) is 120 Å². The van der Waals surface area contributed by atoms with E-state index in [1.807, 2.05) is 0 Å². The van der Waals surface area contributed by atoms with Gasteiger partial charge in [0.25, 0.3) is 12.7 Å². The highest BCUT2D eigenvalue weighted by molar-refractivity contribution is 5.64. The van der Waals surface area contributed by atoms with Crippen LogP contribution in [-0.2, 0) is 16.6 Å². The molecule has 1 nitrogen and oxygen atoms in total. The first-order valence-electron chi connectivity index (χ1n) is 10.7. The second-order valence-corrected chi connectivity index (χ2v) is 7.90. The number of alkyl halides is 6. The average molecular weight is 486 g/mol. The Labute approximate surface area is 198 Å². The van der Waals surface area contributed by atoms with Gasteiger partial charge >= 0.3 is 11.8 Å². The van der Waals surface area contributed by atoms with Crippen molar-refractivity contribution >= 4 is 0 Å². The molecule has 35 heavy (non-hydrogen) atoms. The Morgan fingerprint density at radius 2 is 0.714 bits per heavy atom. The molecule has 0 bridgehead atoms. The fourth-order valence-corrected chi connectivity index (χ4v) is 3.57. The number of rotatable bonds is 8. The fraction of sp³-hybridized carbons (Fsp3) is 0.143. The lowest BCUT2D eigenvalue weighted by Crippen LogP contribution is -2.38. The van der Waals surface area contributed by atoms with Crippen molar-refractivity contribution in [3.63, 3.8) is 0 Å². The molecule has 0 saturated heterocycles. The number of benzene rings is 4. The van der Waals surface area contributed by atoms with Gasteiger partial charge in [0.2, 0.25) is 0 Å². The van der Waals surface area contributed by atoms with Crippen LogP contribution in [0.2, 0.25) is 0 Å². The molecule has 4 aromatic carbocycles. The third-order valence-corrected chi connectivity index (χ3v) is 5.56. The van der Waals surface area contributed by atoms with Gasteiger partial charge in [-0.15, -0.1) is 0 Å². The highest BCUT2D eigenvalue weighted by Gasteiger charge is 2.50. The Hall–Kier alpha value is -3.58. The first kappa shape index (κ1) is 24.5. The topological polar surface area (TPSA) is 9.23 Å². The van der Waals surface area contributed by atoms with Gasteiger partial charge in [-0.05, 0) is 22.3 Å². The molecular weight excluding hydrogens is 466 g/mol. The SMILES string of the molecule is F[C@H](O[C@H](F)C(F)(F)c1ccc(-c2ccccc2)cc1)C(F)(F)c1ccc(-c2ccccc2)cc1. The van der Waals surface area contributed by atoms with Gasteiger partial charge in [0.05, 0.1) is 0 Å². The van der Waals surface area contributed by atoms with Gasteiger partial charge in [0.1, 0.15) is 0 Å². The van der Waals surface area contributed by atoms with E-state index in [9.17, 15) is 26.3 Å².